The van der Waals surface area contributed by atoms with Crippen molar-refractivity contribution >= 4 is 10.8 Å². The first kappa shape index (κ1) is 21.9. The van der Waals surface area contributed by atoms with Crippen molar-refractivity contribution in [3.8, 4) is 0 Å². The molecule has 3 aromatic rings. The second-order valence-electron chi connectivity index (χ2n) is 7.76. The molecule has 0 bridgehead atoms. The molecule has 0 unspecified atom stereocenters. The van der Waals surface area contributed by atoms with Gasteiger partial charge >= 0.3 is 0 Å². The van der Waals surface area contributed by atoms with Gasteiger partial charge in [0.25, 0.3) is 0 Å². The third-order valence-corrected chi connectivity index (χ3v) is 4.68. The zero-order valence-electron chi connectivity index (χ0n) is 17.2. The molecule has 0 aliphatic rings. The first-order valence-corrected chi connectivity index (χ1v) is 9.32. The third-order valence-electron chi connectivity index (χ3n) is 4.68. The van der Waals surface area contributed by atoms with Crippen LogP contribution in [0.15, 0.2) is 30.3 Å². The van der Waals surface area contributed by atoms with Crippen LogP contribution in [-0.4, -0.2) is 0 Å². The van der Waals surface area contributed by atoms with Gasteiger partial charge in [-0.3, -0.25) is 0 Å². The molecule has 4 heteroatoms. The molecule has 150 valence electrons. The molecule has 0 nitrogen and oxygen atoms in total. The Morgan fingerprint density at radius 2 is 1.25 bits per heavy atom. The Kier molecular flexibility index (Phi) is 6.87. The van der Waals surface area contributed by atoms with Crippen LogP contribution in [0.5, 0.6) is 0 Å². The maximum Gasteiger partial charge on any atom is 0.166 e. The monoisotopic (exact) mass is 390 g/mol. The fourth-order valence-electron chi connectivity index (χ4n) is 3.19. The maximum absolute atomic E-state index is 13.5. The summed E-state index contributed by atoms with van der Waals surface area (Å²) in [6, 6.07) is 8.72. The van der Waals surface area contributed by atoms with Gasteiger partial charge in [-0.05, 0) is 79.8 Å². The SMILES string of the molecule is Cc1cc(C)c(CC(C)C)c(F)c1F.Cc1ccc2cc(C)c(F)c(F)c2c1. The summed E-state index contributed by atoms with van der Waals surface area (Å²) in [5, 5.41) is 1.10. The van der Waals surface area contributed by atoms with Gasteiger partial charge < -0.3 is 0 Å². The molecule has 3 rings (SSSR count). The lowest BCUT2D eigenvalue weighted by atomic mass is 9.96. The van der Waals surface area contributed by atoms with Crippen LogP contribution >= 0.6 is 0 Å². The van der Waals surface area contributed by atoms with Crippen LogP contribution < -0.4 is 0 Å². The molecule has 0 aliphatic heterocycles. The number of halogens is 4. The normalized spacial score (nSPS) is 11.0. The highest BCUT2D eigenvalue weighted by molar-refractivity contribution is 5.84. The highest BCUT2D eigenvalue weighted by Crippen LogP contribution is 2.24. The van der Waals surface area contributed by atoms with Gasteiger partial charge in [0.2, 0.25) is 0 Å². The summed E-state index contributed by atoms with van der Waals surface area (Å²) in [5.41, 5.74) is 3.02. The summed E-state index contributed by atoms with van der Waals surface area (Å²) < 4.78 is 53.4. The van der Waals surface area contributed by atoms with Crippen molar-refractivity contribution in [3.05, 3.63) is 81.4 Å². The lowest BCUT2D eigenvalue weighted by Gasteiger charge is -2.12. The van der Waals surface area contributed by atoms with Crippen LogP contribution in [0, 0.1) is 56.9 Å². The van der Waals surface area contributed by atoms with E-state index in [9.17, 15) is 17.6 Å². The van der Waals surface area contributed by atoms with E-state index in [1.807, 2.05) is 33.8 Å². The summed E-state index contributed by atoms with van der Waals surface area (Å²) in [6.45, 7) is 10.8. The Balaban J connectivity index is 0.000000200. The molecule has 28 heavy (non-hydrogen) atoms. The zero-order valence-corrected chi connectivity index (χ0v) is 17.2. The topological polar surface area (TPSA) is 0 Å². The van der Waals surface area contributed by atoms with Crippen molar-refractivity contribution in [2.45, 2.75) is 48.0 Å². The van der Waals surface area contributed by atoms with E-state index in [4.69, 9.17) is 0 Å². The van der Waals surface area contributed by atoms with E-state index in [2.05, 4.69) is 0 Å². The van der Waals surface area contributed by atoms with Crippen LogP contribution in [0.25, 0.3) is 10.8 Å². The number of hydrogen-bond donors (Lipinski definition) is 0. The Morgan fingerprint density at radius 1 is 0.679 bits per heavy atom. The summed E-state index contributed by atoms with van der Waals surface area (Å²) in [4.78, 5) is 0. The second-order valence-corrected chi connectivity index (χ2v) is 7.76. The van der Waals surface area contributed by atoms with Gasteiger partial charge in [0, 0.05) is 5.39 Å². The van der Waals surface area contributed by atoms with E-state index in [-0.39, 0.29) is 0 Å². The molecule has 3 aromatic carbocycles. The summed E-state index contributed by atoms with van der Waals surface area (Å²) in [7, 11) is 0. The number of benzene rings is 3. The average Bonchev–Trinajstić information content (AvgIpc) is 2.63. The van der Waals surface area contributed by atoms with E-state index < -0.39 is 23.3 Å². The van der Waals surface area contributed by atoms with Crippen molar-refractivity contribution in [2.75, 3.05) is 0 Å². The number of rotatable bonds is 2. The van der Waals surface area contributed by atoms with Crippen LogP contribution in [0.2, 0.25) is 0 Å². The van der Waals surface area contributed by atoms with Crippen molar-refractivity contribution < 1.29 is 17.6 Å². The Labute approximate surface area is 164 Å². The summed E-state index contributed by atoms with van der Waals surface area (Å²) >= 11 is 0. The standard InChI is InChI=1S/C12H10F2.C12H16F2/c1-7-3-4-9-6-8(2)11(13)12(14)10(9)5-7;1-7(2)5-10-8(3)6-9(4)11(13)12(10)14/h3-6H,1-2H3;6-7H,5H2,1-4H3. The fourth-order valence-corrected chi connectivity index (χ4v) is 3.19. The molecule has 0 saturated carbocycles. The highest BCUT2D eigenvalue weighted by atomic mass is 19.2. The molecule has 0 fully saturated rings. The quantitative estimate of drug-likeness (QED) is 0.397. The smallest absolute Gasteiger partial charge is 0.166 e. The fraction of sp³-hybridized carbons (Fsp3) is 0.333. The predicted octanol–water partition coefficient (Wildman–Crippen LogP) is 7.51. The van der Waals surface area contributed by atoms with Gasteiger partial charge in [-0.2, -0.15) is 0 Å². The molecule has 0 aliphatic carbocycles. The molecule has 0 aromatic heterocycles. The van der Waals surface area contributed by atoms with E-state index in [0.717, 1.165) is 16.5 Å². The molecule has 0 saturated heterocycles. The van der Waals surface area contributed by atoms with Gasteiger partial charge in [-0.1, -0.05) is 37.6 Å². The van der Waals surface area contributed by atoms with Gasteiger partial charge in [0.15, 0.2) is 23.3 Å². The highest BCUT2D eigenvalue weighted by Gasteiger charge is 2.15. The van der Waals surface area contributed by atoms with Crippen LogP contribution in [0.3, 0.4) is 0 Å². The minimum absolute atomic E-state index is 0.338. The van der Waals surface area contributed by atoms with Crippen LogP contribution in [-0.2, 0) is 6.42 Å². The molecule has 0 heterocycles. The first-order chi connectivity index (χ1) is 13.0. The van der Waals surface area contributed by atoms with Gasteiger partial charge in [-0.15, -0.1) is 0 Å². The first-order valence-electron chi connectivity index (χ1n) is 9.32. The predicted molar refractivity (Wildman–Crippen MR) is 108 cm³/mol. The van der Waals surface area contributed by atoms with Crippen molar-refractivity contribution in [1.82, 2.24) is 0 Å². The largest absolute Gasteiger partial charge is 0.203 e. The summed E-state index contributed by atoms with van der Waals surface area (Å²) in [5.74, 6) is -2.53. The van der Waals surface area contributed by atoms with Gasteiger partial charge in [0.1, 0.15) is 0 Å². The molecular weight excluding hydrogens is 364 g/mol. The van der Waals surface area contributed by atoms with E-state index in [1.165, 1.54) is 0 Å². The molecule has 0 N–H and O–H groups in total. The van der Waals surface area contributed by atoms with E-state index in [1.54, 1.807) is 38.1 Å². The summed E-state index contributed by atoms with van der Waals surface area (Å²) in [6.07, 6.45) is 0.592. The van der Waals surface area contributed by atoms with Crippen molar-refractivity contribution in [1.29, 1.82) is 0 Å². The van der Waals surface area contributed by atoms with Crippen molar-refractivity contribution in [3.63, 3.8) is 0 Å². The average molecular weight is 390 g/mol. The number of hydrogen-bond acceptors (Lipinski definition) is 0. The van der Waals surface area contributed by atoms with Crippen LogP contribution in [0.4, 0.5) is 17.6 Å². The van der Waals surface area contributed by atoms with E-state index >= 15 is 0 Å². The Morgan fingerprint density at radius 3 is 1.86 bits per heavy atom. The number of fused-ring (bicyclic) bond motifs is 1. The Bertz CT molecular complexity index is 1000. The third kappa shape index (κ3) is 4.73. The number of aryl methyl sites for hydroxylation is 4. The Hall–Kier alpha value is -2.36. The minimum Gasteiger partial charge on any atom is -0.203 e. The van der Waals surface area contributed by atoms with Gasteiger partial charge in [0.05, 0.1) is 0 Å². The van der Waals surface area contributed by atoms with Crippen molar-refractivity contribution in [2.24, 2.45) is 5.92 Å². The zero-order chi connectivity index (χ0) is 21.2. The molecule has 0 atom stereocenters. The van der Waals surface area contributed by atoms with E-state index in [0.29, 0.717) is 34.4 Å². The molecular formula is C24H26F4. The molecule has 0 spiro atoms. The van der Waals surface area contributed by atoms with Gasteiger partial charge in [-0.25, -0.2) is 17.6 Å². The molecule has 0 amide bonds. The molecule has 0 radical (unpaired) electrons. The lowest BCUT2D eigenvalue weighted by Crippen LogP contribution is -2.04. The maximum atomic E-state index is 13.5. The lowest BCUT2D eigenvalue weighted by molar-refractivity contribution is 0.483. The second kappa shape index (κ2) is 8.76. The van der Waals surface area contributed by atoms with Crippen LogP contribution in [0.1, 0.15) is 41.7 Å². The minimum atomic E-state index is -0.747.